The monoisotopic (exact) mass is 363 g/mol. The number of hydrogen-bond acceptors (Lipinski definition) is 5. The lowest BCUT2D eigenvalue weighted by Gasteiger charge is -2.28. The third-order valence-electron chi connectivity index (χ3n) is 4.56. The number of esters is 1. The molecule has 2 aromatic carbocycles. The van der Waals surface area contributed by atoms with E-state index < -0.39 is 6.04 Å². The third-order valence-corrected chi connectivity index (χ3v) is 4.56. The van der Waals surface area contributed by atoms with Crippen LogP contribution in [0.1, 0.15) is 30.1 Å². The topological polar surface area (TPSA) is 73.6 Å². The molecule has 1 saturated heterocycles. The fourth-order valence-electron chi connectivity index (χ4n) is 3.32. The second-order valence-corrected chi connectivity index (χ2v) is 6.23. The number of amides is 1. The van der Waals surface area contributed by atoms with Gasteiger partial charge < -0.3 is 9.64 Å². The number of ether oxygens (including phenoxy) is 1. The van der Waals surface area contributed by atoms with Gasteiger partial charge in [0.2, 0.25) is 0 Å². The summed E-state index contributed by atoms with van der Waals surface area (Å²) < 4.78 is 5.06. The number of rotatable bonds is 5. The van der Waals surface area contributed by atoms with Crippen molar-refractivity contribution in [1.29, 1.82) is 5.26 Å². The van der Waals surface area contributed by atoms with Gasteiger partial charge in [-0.2, -0.15) is 5.26 Å². The number of benzene rings is 2. The second-order valence-electron chi connectivity index (χ2n) is 6.23. The first-order valence-corrected chi connectivity index (χ1v) is 8.98. The molecule has 1 atom stereocenters. The Balaban J connectivity index is 1.85. The third kappa shape index (κ3) is 3.93. The molecule has 0 N–H and O–H groups in total. The zero-order valence-corrected chi connectivity index (χ0v) is 15.2. The molecule has 0 bridgehead atoms. The predicted octanol–water partition coefficient (Wildman–Crippen LogP) is 3.35. The zero-order valence-electron chi connectivity index (χ0n) is 15.2. The highest BCUT2D eigenvalue weighted by Crippen LogP contribution is 2.29. The molecule has 1 aliphatic rings. The highest BCUT2D eigenvalue weighted by molar-refractivity contribution is 6.01. The standard InChI is InChI=1S/C21H21N3O3/c1-2-27-21(26)16-8-6-11-18(14-16)23-13-7-12-19(23)20(25)24(15-22)17-9-4-3-5-10-17/h3-6,8-11,14,19H,2,7,12-13H2,1H3. The van der Waals surface area contributed by atoms with E-state index in [1.165, 1.54) is 0 Å². The molecule has 1 amide bonds. The molecule has 0 aromatic heterocycles. The Kier molecular flexibility index (Phi) is 5.72. The summed E-state index contributed by atoms with van der Waals surface area (Å²) in [6.07, 6.45) is 3.50. The highest BCUT2D eigenvalue weighted by Gasteiger charge is 2.35. The van der Waals surface area contributed by atoms with E-state index in [4.69, 9.17) is 4.74 Å². The van der Waals surface area contributed by atoms with Crippen LogP contribution >= 0.6 is 0 Å². The molecule has 6 nitrogen and oxygen atoms in total. The SMILES string of the molecule is CCOC(=O)c1cccc(N2CCCC2C(=O)N(C#N)c2ccccc2)c1. The first-order valence-electron chi connectivity index (χ1n) is 8.98. The molecule has 0 saturated carbocycles. The summed E-state index contributed by atoms with van der Waals surface area (Å²) in [4.78, 5) is 28.2. The Labute approximate surface area is 158 Å². The van der Waals surface area contributed by atoms with E-state index in [-0.39, 0.29) is 11.9 Å². The Hall–Kier alpha value is -3.33. The van der Waals surface area contributed by atoms with Gasteiger partial charge in [-0.05, 0) is 50.1 Å². The van der Waals surface area contributed by atoms with Crippen LogP contribution in [-0.2, 0) is 9.53 Å². The summed E-state index contributed by atoms with van der Waals surface area (Å²) in [6, 6.07) is 15.5. The number of nitrogens with zero attached hydrogens (tertiary/aromatic N) is 3. The lowest BCUT2D eigenvalue weighted by Crippen LogP contribution is -2.44. The van der Waals surface area contributed by atoms with Crippen LogP contribution in [0.3, 0.4) is 0 Å². The molecule has 3 rings (SSSR count). The molecule has 0 aliphatic carbocycles. The van der Waals surface area contributed by atoms with Crippen molar-refractivity contribution in [3.05, 3.63) is 60.2 Å². The fourth-order valence-corrected chi connectivity index (χ4v) is 3.32. The van der Waals surface area contributed by atoms with Crippen LogP contribution in [0.2, 0.25) is 0 Å². The number of hydrogen-bond donors (Lipinski definition) is 0. The maximum absolute atomic E-state index is 13.1. The normalized spacial score (nSPS) is 15.9. The Morgan fingerprint density at radius 3 is 2.70 bits per heavy atom. The maximum Gasteiger partial charge on any atom is 0.338 e. The number of nitriles is 1. The summed E-state index contributed by atoms with van der Waals surface area (Å²) in [5.41, 5.74) is 1.78. The summed E-state index contributed by atoms with van der Waals surface area (Å²) in [5.74, 6) is -0.646. The minimum atomic E-state index is -0.442. The fraction of sp³-hybridized carbons (Fsp3) is 0.286. The summed E-state index contributed by atoms with van der Waals surface area (Å²) in [6.45, 7) is 2.76. The summed E-state index contributed by atoms with van der Waals surface area (Å²) in [7, 11) is 0. The van der Waals surface area contributed by atoms with Gasteiger partial charge in [0.05, 0.1) is 17.9 Å². The highest BCUT2D eigenvalue weighted by atomic mass is 16.5. The van der Waals surface area contributed by atoms with Crippen LogP contribution in [0.4, 0.5) is 11.4 Å². The van der Waals surface area contributed by atoms with E-state index in [1.54, 1.807) is 49.4 Å². The predicted molar refractivity (Wildman–Crippen MR) is 102 cm³/mol. The van der Waals surface area contributed by atoms with Gasteiger partial charge in [0.15, 0.2) is 6.19 Å². The Bertz CT molecular complexity index is 860. The Morgan fingerprint density at radius 2 is 2.00 bits per heavy atom. The first-order chi connectivity index (χ1) is 13.2. The van der Waals surface area contributed by atoms with Crippen LogP contribution in [0.5, 0.6) is 0 Å². The van der Waals surface area contributed by atoms with Gasteiger partial charge in [0.1, 0.15) is 6.04 Å². The molecule has 1 heterocycles. The number of para-hydroxylation sites is 1. The maximum atomic E-state index is 13.1. The van der Waals surface area contributed by atoms with Crippen molar-refractivity contribution in [3.8, 4) is 6.19 Å². The van der Waals surface area contributed by atoms with E-state index in [0.717, 1.165) is 17.0 Å². The molecular formula is C21H21N3O3. The van der Waals surface area contributed by atoms with E-state index in [9.17, 15) is 14.9 Å². The zero-order chi connectivity index (χ0) is 19.2. The van der Waals surface area contributed by atoms with Crippen LogP contribution in [0.15, 0.2) is 54.6 Å². The van der Waals surface area contributed by atoms with Gasteiger partial charge in [0, 0.05) is 12.2 Å². The van der Waals surface area contributed by atoms with Crippen molar-refractivity contribution in [1.82, 2.24) is 0 Å². The van der Waals surface area contributed by atoms with Gasteiger partial charge in [-0.1, -0.05) is 24.3 Å². The molecule has 1 aliphatic heterocycles. The molecule has 0 radical (unpaired) electrons. The van der Waals surface area contributed by atoms with Crippen LogP contribution in [-0.4, -0.2) is 31.1 Å². The first kappa shape index (κ1) is 18.5. The van der Waals surface area contributed by atoms with Gasteiger partial charge in [-0.3, -0.25) is 4.79 Å². The number of anilines is 2. The van der Waals surface area contributed by atoms with Crippen molar-refractivity contribution < 1.29 is 14.3 Å². The molecular weight excluding hydrogens is 342 g/mol. The van der Waals surface area contributed by atoms with Crippen molar-refractivity contribution >= 4 is 23.3 Å². The van der Waals surface area contributed by atoms with E-state index in [2.05, 4.69) is 0 Å². The lowest BCUT2D eigenvalue weighted by molar-refractivity contribution is -0.118. The van der Waals surface area contributed by atoms with Gasteiger partial charge in [-0.25, -0.2) is 9.69 Å². The van der Waals surface area contributed by atoms with Crippen LogP contribution in [0, 0.1) is 11.5 Å². The second kappa shape index (κ2) is 8.37. The van der Waals surface area contributed by atoms with Gasteiger partial charge >= 0.3 is 5.97 Å². The molecule has 1 fully saturated rings. The largest absolute Gasteiger partial charge is 0.462 e. The molecule has 27 heavy (non-hydrogen) atoms. The molecule has 138 valence electrons. The lowest BCUT2D eigenvalue weighted by atomic mass is 10.1. The smallest absolute Gasteiger partial charge is 0.338 e. The molecule has 2 aromatic rings. The van der Waals surface area contributed by atoms with Crippen LogP contribution < -0.4 is 9.80 Å². The van der Waals surface area contributed by atoms with Crippen LogP contribution in [0.25, 0.3) is 0 Å². The average Bonchev–Trinajstić information content (AvgIpc) is 3.19. The van der Waals surface area contributed by atoms with E-state index in [0.29, 0.717) is 30.8 Å². The minimum Gasteiger partial charge on any atom is -0.462 e. The van der Waals surface area contributed by atoms with Crippen molar-refractivity contribution in [2.45, 2.75) is 25.8 Å². The summed E-state index contributed by atoms with van der Waals surface area (Å²) in [5, 5.41) is 9.52. The van der Waals surface area contributed by atoms with E-state index in [1.807, 2.05) is 23.2 Å². The molecule has 6 heteroatoms. The minimum absolute atomic E-state index is 0.261. The van der Waals surface area contributed by atoms with Crippen molar-refractivity contribution in [2.24, 2.45) is 0 Å². The molecule has 1 unspecified atom stereocenters. The summed E-state index contributed by atoms with van der Waals surface area (Å²) >= 11 is 0. The molecule has 0 spiro atoms. The van der Waals surface area contributed by atoms with Gasteiger partial charge in [0.25, 0.3) is 5.91 Å². The average molecular weight is 363 g/mol. The number of carbonyl (C=O) groups excluding carboxylic acids is 2. The van der Waals surface area contributed by atoms with Gasteiger partial charge in [-0.15, -0.1) is 0 Å². The van der Waals surface area contributed by atoms with E-state index >= 15 is 0 Å². The van der Waals surface area contributed by atoms with Crippen molar-refractivity contribution in [3.63, 3.8) is 0 Å². The van der Waals surface area contributed by atoms with Crippen molar-refractivity contribution in [2.75, 3.05) is 23.0 Å². The Morgan fingerprint density at radius 1 is 1.22 bits per heavy atom. The number of carbonyl (C=O) groups is 2. The quantitative estimate of drug-likeness (QED) is 0.463.